The van der Waals surface area contributed by atoms with Crippen LogP contribution in [0.3, 0.4) is 0 Å². The van der Waals surface area contributed by atoms with Crippen molar-refractivity contribution in [3.8, 4) is 0 Å². The highest BCUT2D eigenvalue weighted by Crippen LogP contribution is 2.06. The first-order valence-electron chi connectivity index (χ1n) is 5.51. The van der Waals surface area contributed by atoms with Gasteiger partial charge in [0.2, 0.25) is 5.95 Å². The number of anilines is 1. The molecule has 5 nitrogen and oxygen atoms in total. The van der Waals surface area contributed by atoms with Gasteiger partial charge in [-0.05, 0) is 19.9 Å². The van der Waals surface area contributed by atoms with Crippen molar-refractivity contribution in [2.24, 2.45) is 0 Å². The fraction of sp³-hybridized carbons (Fsp3) is 0.455. The maximum atomic E-state index is 4.28. The maximum absolute atomic E-state index is 4.28. The molecule has 1 N–H and O–H groups in total. The van der Waals surface area contributed by atoms with E-state index in [9.17, 15) is 0 Å². The zero-order valence-electron chi connectivity index (χ0n) is 9.67. The van der Waals surface area contributed by atoms with Crippen LogP contribution in [0.5, 0.6) is 0 Å². The fourth-order valence-electron chi connectivity index (χ4n) is 1.53. The van der Waals surface area contributed by atoms with Crippen molar-refractivity contribution >= 4 is 5.95 Å². The fourth-order valence-corrected chi connectivity index (χ4v) is 1.53. The molecule has 5 heteroatoms. The van der Waals surface area contributed by atoms with Crippen molar-refractivity contribution in [3.05, 3.63) is 30.9 Å². The first kappa shape index (κ1) is 10.7. The van der Waals surface area contributed by atoms with Crippen LogP contribution in [0.25, 0.3) is 0 Å². The van der Waals surface area contributed by atoms with Gasteiger partial charge in [0, 0.05) is 37.4 Å². The molecule has 0 saturated carbocycles. The number of aromatic nitrogens is 4. The molecule has 0 atom stereocenters. The number of imidazole rings is 1. The number of nitrogens with one attached hydrogen (secondary N) is 1. The minimum Gasteiger partial charge on any atom is -0.353 e. The largest absolute Gasteiger partial charge is 0.353 e. The number of aryl methyl sites for hydroxylation is 2. The van der Waals surface area contributed by atoms with E-state index >= 15 is 0 Å². The van der Waals surface area contributed by atoms with Crippen LogP contribution in [0.2, 0.25) is 0 Å². The summed E-state index contributed by atoms with van der Waals surface area (Å²) in [4.78, 5) is 4.28. The molecule has 0 aliphatic carbocycles. The Kier molecular flexibility index (Phi) is 3.24. The van der Waals surface area contributed by atoms with E-state index in [0.717, 1.165) is 19.0 Å². The van der Waals surface area contributed by atoms with Gasteiger partial charge in [0.25, 0.3) is 0 Å². The van der Waals surface area contributed by atoms with Crippen LogP contribution in [0.15, 0.2) is 30.9 Å². The average Bonchev–Trinajstić information content (AvgIpc) is 2.84. The maximum Gasteiger partial charge on any atom is 0.203 e. The lowest BCUT2D eigenvalue weighted by Gasteiger charge is -2.12. The van der Waals surface area contributed by atoms with Crippen molar-refractivity contribution < 1.29 is 0 Å². The smallest absolute Gasteiger partial charge is 0.203 e. The summed E-state index contributed by atoms with van der Waals surface area (Å²) in [5.41, 5.74) is 0. The molecule has 0 spiro atoms. The Bertz CT molecular complexity index is 415. The van der Waals surface area contributed by atoms with Gasteiger partial charge in [-0.3, -0.25) is 4.68 Å². The zero-order valence-corrected chi connectivity index (χ0v) is 9.67. The van der Waals surface area contributed by atoms with E-state index in [4.69, 9.17) is 0 Å². The second-order valence-corrected chi connectivity index (χ2v) is 4.01. The second kappa shape index (κ2) is 4.83. The third-order valence-corrected chi connectivity index (χ3v) is 2.26. The first-order chi connectivity index (χ1) is 7.75. The Labute approximate surface area is 95.1 Å². The summed E-state index contributed by atoms with van der Waals surface area (Å²) in [6, 6.07) is 2.33. The molecule has 0 fully saturated rings. The van der Waals surface area contributed by atoms with Gasteiger partial charge in [-0.15, -0.1) is 0 Å². The van der Waals surface area contributed by atoms with Crippen LogP contribution in [-0.4, -0.2) is 25.4 Å². The van der Waals surface area contributed by atoms with E-state index in [-0.39, 0.29) is 0 Å². The Hall–Kier alpha value is -1.78. The minimum absolute atomic E-state index is 0.394. The van der Waals surface area contributed by atoms with Crippen LogP contribution in [0, 0.1) is 0 Å². The van der Waals surface area contributed by atoms with Gasteiger partial charge in [0.1, 0.15) is 0 Å². The summed E-state index contributed by atoms with van der Waals surface area (Å²) in [7, 11) is 0. The van der Waals surface area contributed by atoms with Crippen LogP contribution in [0.4, 0.5) is 5.95 Å². The number of hydrogen-bond donors (Lipinski definition) is 1. The van der Waals surface area contributed by atoms with E-state index in [1.807, 2.05) is 29.3 Å². The van der Waals surface area contributed by atoms with Gasteiger partial charge in [-0.2, -0.15) is 5.10 Å². The third kappa shape index (κ3) is 2.62. The highest BCUT2D eigenvalue weighted by molar-refractivity contribution is 5.26. The molecule has 0 bridgehead atoms. The highest BCUT2D eigenvalue weighted by atomic mass is 15.3. The van der Waals surface area contributed by atoms with E-state index in [0.29, 0.717) is 6.04 Å². The molecule has 2 heterocycles. The molecule has 0 radical (unpaired) electrons. The van der Waals surface area contributed by atoms with E-state index in [1.165, 1.54) is 0 Å². The van der Waals surface area contributed by atoms with E-state index < -0.39 is 0 Å². The summed E-state index contributed by atoms with van der Waals surface area (Å²) in [5.74, 6) is 0.919. The average molecular weight is 219 g/mol. The molecule has 2 rings (SSSR count). The minimum atomic E-state index is 0.394. The summed E-state index contributed by atoms with van der Waals surface area (Å²) in [6.45, 7) is 5.94. The Balaban J connectivity index is 1.96. The summed E-state index contributed by atoms with van der Waals surface area (Å²) >= 11 is 0. The van der Waals surface area contributed by atoms with E-state index in [2.05, 4.69) is 33.8 Å². The van der Waals surface area contributed by atoms with Gasteiger partial charge < -0.3 is 9.88 Å². The van der Waals surface area contributed by atoms with Gasteiger partial charge >= 0.3 is 0 Å². The lowest BCUT2D eigenvalue weighted by atomic mass is 10.4. The molecule has 0 aliphatic rings. The molecule has 0 aromatic carbocycles. The van der Waals surface area contributed by atoms with Crippen LogP contribution in [0.1, 0.15) is 13.8 Å². The van der Waals surface area contributed by atoms with Crippen LogP contribution >= 0.6 is 0 Å². The molecular weight excluding hydrogens is 202 g/mol. The summed E-state index contributed by atoms with van der Waals surface area (Å²) < 4.78 is 4.01. The number of rotatable bonds is 5. The van der Waals surface area contributed by atoms with Crippen molar-refractivity contribution in [1.82, 2.24) is 19.3 Å². The lowest BCUT2D eigenvalue weighted by molar-refractivity contribution is 0.535. The molecule has 0 aliphatic heterocycles. The second-order valence-electron chi connectivity index (χ2n) is 4.01. The van der Waals surface area contributed by atoms with Gasteiger partial charge in [0.05, 0.1) is 6.54 Å². The van der Waals surface area contributed by atoms with Crippen molar-refractivity contribution in [1.29, 1.82) is 0 Å². The van der Waals surface area contributed by atoms with Crippen LogP contribution in [-0.2, 0) is 13.1 Å². The zero-order chi connectivity index (χ0) is 11.4. The third-order valence-electron chi connectivity index (χ3n) is 2.26. The number of nitrogens with zero attached hydrogens (tertiary/aromatic N) is 4. The van der Waals surface area contributed by atoms with Crippen molar-refractivity contribution in [2.75, 3.05) is 5.32 Å². The van der Waals surface area contributed by atoms with Crippen molar-refractivity contribution in [2.45, 2.75) is 33.0 Å². The molecule has 16 heavy (non-hydrogen) atoms. The molecule has 0 unspecified atom stereocenters. The van der Waals surface area contributed by atoms with E-state index in [1.54, 1.807) is 6.20 Å². The summed E-state index contributed by atoms with van der Waals surface area (Å²) in [6.07, 6.45) is 7.55. The SMILES string of the molecule is CC(C)Nc1nccn1CCn1cccn1. The first-order valence-corrected chi connectivity index (χ1v) is 5.51. The Morgan fingerprint density at radius 3 is 2.81 bits per heavy atom. The quantitative estimate of drug-likeness (QED) is 0.831. The van der Waals surface area contributed by atoms with Gasteiger partial charge in [-0.25, -0.2) is 4.98 Å². The summed E-state index contributed by atoms with van der Waals surface area (Å²) in [5, 5.41) is 7.47. The predicted molar refractivity (Wildman–Crippen MR) is 63.2 cm³/mol. The highest BCUT2D eigenvalue weighted by Gasteiger charge is 2.03. The topological polar surface area (TPSA) is 47.7 Å². The molecular formula is C11H17N5. The van der Waals surface area contributed by atoms with Crippen LogP contribution < -0.4 is 5.32 Å². The monoisotopic (exact) mass is 219 g/mol. The predicted octanol–water partition coefficient (Wildman–Crippen LogP) is 1.60. The lowest BCUT2D eigenvalue weighted by Crippen LogP contribution is -2.16. The number of hydrogen-bond acceptors (Lipinski definition) is 3. The normalized spacial score (nSPS) is 10.9. The van der Waals surface area contributed by atoms with Gasteiger partial charge in [0.15, 0.2) is 0 Å². The molecule has 0 amide bonds. The Morgan fingerprint density at radius 2 is 2.12 bits per heavy atom. The molecule has 2 aromatic heterocycles. The Morgan fingerprint density at radius 1 is 1.25 bits per heavy atom. The standard InChI is InChI=1S/C11H17N5/c1-10(2)14-11-12-5-7-15(11)8-9-16-6-3-4-13-16/h3-7,10H,8-9H2,1-2H3,(H,12,14). The van der Waals surface area contributed by atoms with Crippen molar-refractivity contribution in [3.63, 3.8) is 0 Å². The van der Waals surface area contributed by atoms with Gasteiger partial charge in [-0.1, -0.05) is 0 Å². The molecule has 86 valence electrons. The molecule has 2 aromatic rings. The molecule has 0 saturated heterocycles.